The molecule has 1 aliphatic rings. The highest BCUT2D eigenvalue weighted by Crippen LogP contribution is 2.50. The van der Waals surface area contributed by atoms with Gasteiger partial charge in [0.05, 0.1) is 40.1 Å². The number of thioether (sulfide) groups is 1. The van der Waals surface area contributed by atoms with E-state index in [9.17, 15) is 14.4 Å². The molecule has 3 N–H and O–H groups in total. The average molecular weight is 674 g/mol. The van der Waals surface area contributed by atoms with Crippen molar-refractivity contribution >= 4 is 35.0 Å². The monoisotopic (exact) mass is 673 g/mol. The summed E-state index contributed by atoms with van der Waals surface area (Å²) in [6.07, 6.45) is 3.53. The molecule has 1 aromatic heterocycles. The van der Waals surface area contributed by atoms with Crippen LogP contribution in [0.15, 0.2) is 53.3 Å². The molecule has 4 aromatic rings. The average Bonchev–Trinajstić information content (AvgIpc) is 3.38. The zero-order valence-corrected chi connectivity index (χ0v) is 28.6. The molecule has 1 heterocycles. The molecule has 0 aliphatic heterocycles. The number of ether oxygens (including phenoxy) is 3. The molecule has 0 saturated heterocycles. The van der Waals surface area contributed by atoms with Crippen LogP contribution in [0.3, 0.4) is 0 Å². The van der Waals surface area contributed by atoms with E-state index in [-0.39, 0.29) is 22.9 Å². The van der Waals surface area contributed by atoms with Gasteiger partial charge >= 0.3 is 0 Å². The van der Waals surface area contributed by atoms with Crippen LogP contribution in [0.4, 0.5) is 11.4 Å². The summed E-state index contributed by atoms with van der Waals surface area (Å²) in [6.45, 7) is 1.45. The molecule has 13 nitrogen and oxygen atoms in total. The number of benzene rings is 2. The van der Waals surface area contributed by atoms with Crippen molar-refractivity contribution in [1.82, 2.24) is 25.5 Å². The fraction of sp³-hybridized carbons (Fsp3) is 0.353. The van der Waals surface area contributed by atoms with E-state index < -0.39 is 12.1 Å². The summed E-state index contributed by atoms with van der Waals surface area (Å²) in [6, 6.07) is 12.9. The minimum Gasteiger partial charge on any atom is -0.493 e. The number of amides is 2. The van der Waals surface area contributed by atoms with E-state index in [2.05, 4.69) is 31.4 Å². The molecule has 0 radical (unpaired) electrons. The summed E-state index contributed by atoms with van der Waals surface area (Å²) in [5, 5.41) is 21.4. The molecular weight excluding hydrogens is 634 g/mol. The van der Waals surface area contributed by atoms with Crippen molar-refractivity contribution in [2.45, 2.75) is 38.3 Å². The number of carbonyl (C=O) groups excluding carboxylic acids is 2. The number of rotatable bonds is 12. The summed E-state index contributed by atoms with van der Waals surface area (Å²) in [5.74, 6) is 1.98. The maximum atomic E-state index is 13.9. The van der Waals surface area contributed by atoms with Gasteiger partial charge in [0.2, 0.25) is 28.8 Å². The van der Waals surface area contributed by atoms with Crippen LogP contribution in [-0.4, -0.2) is 71.4 Å². The molecule has 2 atom stereocenters. The van der Waals surface area contributed by atoms with E-state index in [4.69, 9.17) is 14.2 Å². The first kappa shape index (κ1) is 34.2. The van der Waals surface area contributed by atoms with Crippen LogP contribution < -0.4 is 35.6 Å². The molecule has 2 unspecified atom stereocenters. The molecule has 0 spiro atoms. The van der Waals surface area contributed by atoms with Crippen molar-refractivity contribution in [1.29, 1.82) is 0 Å². The molecular formula is C34H39N7O6S. The molecule has 0 bridgehead atoms. The molecule has 5 rings (SSSR count). The molecule has 14 heteroatoms. The van der Waals surface area contributed by atoms with Crippen LogP contribution in [0, 0.1) is 0 Å². The number of aryl methyl sites for hydroxylation is 2. The number of methoxy groups -OCH3 is 3. The highest BCUT2D eigenvalue weighted by atomic mass is 32.2. The Labute approximate surface area is 282 Å². The second-order valence-corrected chi connectivity index (χ2v) is 12.2. The van der Waals surface area contributed by atoms with Gasteiger partial charge in [0.25, 0.3) is 0 Å². The lowest BCUT2D eigenvalue weighted by atomic mass is 9.95. The second kappa shape index (κ2) is 15.2. The van der Waals surface area contributed by atoms with Gasteiger partial charge in [-0.3, -0.25) is 14.4 Å². The SMILES string of the molecule is COc1cc2c(c(OC)c1OC)-c1ccc(NC(CCSC)C(=O)Nc3cccc(-c4nnn(C)n4)c3)c(=O)cc1C(NC(C)=O)CC2. The zero-order valence-electron chi connectivity index (χ0n) is 27.7. The van der Waals surface area contributed by atoms with Gasteiger partial charge in [-0.25, -0.2) is 0 Å². The zero-order chi connectivity index (χ0) is 34.4. The van der Waals surface area contributed by atoms with Crippen molar-refractivity contribution in [2.75, 3.05) is 44.0 Å². The minimum absolute atomic E-state index is 0.218. The van der Waals surface area contributed by atoms with E-state index in [0.717, 1.165) is 11.1 Å². The first-order valence-corrected chi connectivity index (χ1v) is 16.7. The lowest BCUT2D eigenvalue weighted by Gasteiger charge is -2.19. The van der Waals surface area contributed by atoms with E-state index in [0.29, 0.717) is 70.5 Å². The van der Waals surface area contributed by atoms with Crippen LogP contribution in [0.5, 0.6) is 17.2 Å². The van der Waals surface area contributed by atoms with Gasteiger partial charge in [-0.15, -0.1) is 10.2 Å². The van der Waals surface area contributed by atoms with Crippen molar-refractivity contribution in [2.24, 2.45) is 7.05 Å². The molecule has 1 aliphatic carbocycles. The Kier molecular flexibility index (Phi) is 10.8. The third-order valence-electron chi connectivity index (χ3n) is 8.07. The second-order valence-electron chi connectivity index (χ2n) is 11.2. The van der Waals surface area contributed by atoms with Gasteiger partial charge in [0.15, 0.2) is 11.5 Å². The number of fused-ring (bicyclic) bond motifs is 3. The number of anilines is 2. The van der Waals surface area contributed by atoms with Gasteiger partial charge < -0.3 is 30.2 Å². The first-order chi connectivity index (χ1) is 23.2. The Morgan fingerprint density at radius 1 is 1.06 bits per heavy atom. The Morgan fingerprint density at radius 2 is 1.85 bits per heavy atom. The highest BCUT2D eigenvalue weighted by Gasteiger charge is 2.30. The fourth-order valence-corrected chi connectivity index (χ4v) is 6.36. The summed E-state index contributed by atoms with van der Waals surface area (Å²) in [4.78, 5) is 41.3. The van der Waals surface area contributed by atoms with Gasteiger partial charge in [0, 0.05) is 23.7 Å². The molecule has 252 valence electrons. The quantitative estimate of drug-likeness (QED) is 0.198. The van der Waals surface area contributed by atoms with Crippen LogP contribution in [0.2, 0.25) is 0 Å². The lowest BCUT2D eigenvalue weighted by molar-refractivity contribution is -0.120. The van der Waals surface area contributed by atoms with Crippen LogP contribution >= 0.6 is 11.8 Å². The Hall–Kier alpha value is -5.11. The number of nitrogens with one attached hydrogen (secondary N) is 3. The molecule has 3 aromatic carbocycles. The maximum absolute atomic E-state index is 13.9. The summed E-state index contributed by atoms with van der Waals surface area (Å²) < 4.78 is 17.2. The Balaban J connectivity index is 1.55. The molecule has 48 heavy (non-hydrogen) atoms. The van der Waals surface area contributed by atoms with E-state index >= 15 is 0 Å². The minimum atomic E-state index is -0.733. The number of hydrogen-bond donors (Lipinski definition) is 3. The number of nitrogens with zero attached hydrogens (tertiary/aromatic N) is 4. The van der Waals surface area contributed by atoms with E-state index in [1.807, 2.05) is 24.5 Å². The van der Waals surface area contributed by atoms with Crippen LogP contribution in [0.25, 0.3) is 22.5 Å². The standard InChI is InChI=1S/C34H39N7O6S/c1-19(42)35-25-12-10-20-17-29(45-3)31(46-4)32(47-5)30(20)23-11-13-26(28(43)18-24(23)25)37-27(14-15-48-6)34(44)36-22-9-7-8-21(16-22)33-38-40-41(2)39-33/h7-9,11,13,16-18,25,27H,10,12,14-15H2,1-6H3,(H,35,42)(H,36,44)(H,37,43). The Bertz CT molecular complexity index is 1880. The summed E-state index contributed by atoms with van der Waals surface area (Å²) in [7, 11) is 6.33. The number of tetrazole rings is 1. The predicted molar refractivity (Wildman–Crippen MR) is 186 cm³/mol. The van der Waals surface area contributed by atoms with Gasteiger partial charge in [-0.1, -0.05) is 18.2 Å². The smallest absolute Gasteiger partial charge is 0.246 e. The molecule has 2 amide bonds. The van der Waals surface area contributed by atoms with Crippen molar-refractivity contribution < 1.29 is 23.8 Å². The molecule has 0 saturated carbocycles. The van der Waals surface area contributed by atoms with E-state index in [1.165, 1.54) is 24.9 Å². The third kappa shape index (κ3) is 7.38. The first-order valence-electron chi connectivity index (χ1n) is 15.4. The topological polar surface area (TPSA) is 159 Å². The van der Waals surface area contributed by atoms with Crippen LogP contribution in [0.1, 0.15) is 36.9 Å². The fourth-order valence-electron chi connectivity index (χ4n) is 5.88. The predicted octanol–water partition coefficient (Wildman–Crippen LogP) is 4.23. The van der Waals surface area contributed by atoms with Gasteiger partial charge in [-0.05, 0) is 83.5 Å². The normalized spacial score (nSPS) is 14.1. The van der Waals surface area contributed by atoms with Crippen LogP contribution in [-0.2, 0) is 23.1 Å². The highest BCUT2D eigenvalue weighted by molar-refractivity contribution is 7.98. The summed E-state index contributed by atoms with van der Waals surface area (Å²) >= 11 is 1.60. The Morgan fingerprint density at radius 3 is 2.52 bits per heavy atom. The number of hydrogen-bond acceptors (Lipinski definition) is 11. The van der Waals surface area contributed by atoms with Crippen molar-refractivity contribution in [3.63, 3.8) is 0 Å². The maximum Gasteiger partial charge on any atom is 0.246 e. The third-order valence-corrected chi connectivity index (χ3v) is 8.71. The van der Waals surface area contributed by atoms with Crippen molar-refractivity contribution in [3.8, 4) is 39.8 Å². The number of aromatic nitrogens is 4. The largest absolute Gasteiger partial charge is 0.493 e. The lowest BCUT2D eigenvalue weighted by Crippen LogP contribution is -2.36. The summed E-state index contributed by atoms with van der Waals surface area (Å²) in [5.41, 5.74) is 4.16. The van der Waals surface area contributed by atoms with Gasteiger partial charge in [0.1, 0.15) is 6.04 Å². The number of carbonyl (C=O) groups is 2. The van der Waals surface area contributed by atoms with E-state index in [1.54, 1.807) is 57.3 Å². The van der Waals surface area contributed by atoms with Crippen molar-refractivity contribution in [3.05, 3.63) is 69.9 Å². The molecule has 0 fully saturated rings. The van der Waals surface area contributed by atoms with Gasteiger partial charge in [-0.2, -0.15) is 16.6 Å².